The Balaban J connectivity index is 1.52. The number of hydrogen-bond acceptors (Lipinski definition) is 5. The zero-order valence-electron chi connectivity index (χ0n) is 12.5. The second kappa shape index (κ2) is 4.76. The highest BCUT2D eigenvalue weighted by molar-refractivity contribution is 7.11. The van der Waals surface area contributed by atoms with E-state index in [9.17, 15) is 0 Å². The van der Waals surface area contributed by atoms with E-state index in [2.05, 4.69) is 37.7 Å². The smallest absolute Gasteiger partial charge is 0.182 e. The van der Waals surface area contributed by atoms with Crippen molar-refractivity contribution < 1.29 is 0 Å². The van der Waals surface area contributed by atoms with Crippen LogP contribution in [0, 0.1) is 0 Å². The van der Waals surface area contributed by atoms with E-state index in [1.54, 1.807) is 11.3 Å². The third kappa shape index (κ3) is 2.02. The van der Waals surface area contributed by atoms with Crippen LogP contribution < -0.4 is 4.90 Å². The van der Waals surface area contributed by atoms with Gasteiger partial charge in [0, 0.05) is 6.04 Å². The molecular weight excluding hydrogens is 306 g/mol. The molecule has 3 aromatic heterocycles. The second-order valence-corrected chi connectivity index (χ2v) is 6.90. The summed E-state index contributed by atoms with van der Waals surface area (Å²) in [5.74, 6) is 1.77. The second-order valence-electron chi connectivity index (χ2n) is 5.98. The number of hydrogen-bond donors (Lipinski definition) is 0. The Bertz CT molecular complexity index is 905. The third-order valence-corrected chi connectivity index (χ3v) is 5.42. The Hall–Kier alpha value is -2.47. The highest BCUT2D eigenvalue weighted by Crippen LogP contribution is 2.39. The van der Waals surface area contributed by atoms with Crippen molar-refractivity contribution in [3.63, 3.8) is 0 Å². The molecular formula is C17H15N5S. The molecule has 0 aromatic carbocycles. The minimum Gasteiger partial charge on any atom is -0.321 e. The first kappa shape index (κ1) is 13.0. The molecule has 0 spiro atoms. The molecule has 1 aliphatic carbocycles. The van der Waals surface area contributed by atoms with E-state index in [-0.39, 0.29) is 0 Å². The van der Waals surface area contributed by atoms with Gasteiger partial charge in [0.2, 0.25) is 0 Å². The van der Waals surface area contributed by atoms with Gasteiger partial charge in [-0.25, -0.2) is 4.98 Å². The van der Waals surface area contributed by atoms with Crippen molar-refractivity contribution in [3.05, 3.63) is 53.0 Å². The molecule has 1 aliphatic heterocycles. The molecule has 0 N–H and O–H groups in total. The molecule has 0 atom stereocenters. The van der Waals surface area contributed by atoms with Crippen molar-refractivity contribution >= 4 is 22.9 Å². The maximum atomic E-state index is 4.83. The van der Waals surface area contributed by atoms with Gasteiger partial charge in [-0.05, 0) is 42.0 Å². The highest BCUT2D eigenvalue weighted by Gasteiger charge is 2.28. The van der Waals surface area contributed by atoms with Crippen LogP contribution in [-0.2, 0) is 6.54 Å². The van der Waals surface area contributed by atoms with Crippen LogP contribution in [-0.4, -0.2) is 19.7 Å². The summed E-state index contributed by atoms with van der Waals surface area (Å²) in [4.78, 5) is 8.26. The molecule has 1 saturated carbocycles. The average molecular weight is 321 g/mol. The van der Waals surface area contributed by atoms with Gasteiger partial charge in [0.1, 0.15) is 17.8 Å². The lowest BCUT2D eigenvalue weighted by Gasteiger charge is -2.19. The van der Waals surface area contributed by atoms with Gasteiger partial charge in [-0.2, -0.15) is 0 Å². The summed E-state index contributed by atoms with van der Waals surface area (Å²) < 4.78 is 2.14. The van der Waals surface area contributed by atoms with Crippen LogP contribution in [0.2, 0.25) is 0 Å². The first-order valence-corrected chi connectivity index (χ1v) is 8.59. The molecule has 1 fully saturated rings. The van der Waals surface area contributed by atoms with Gasteiger partial charge in [-0.15, -0.1) is 21.5 Å². The summed E-state index contributed by atoms with van der Waals surface area (Å²) >= 11 is 1.74. The molecule has 0 saturated heterocycles. The lowest BCUT2D eigenvalue weighted by molar-refractivity contribution is 0.743. The Kier molecular flexibility index (Phi) is 2.69. The van der Waals surface area contributed by atoms with Crippen LogP contribution in [0.25, 0.3) is 17.2 Å². The van der Waals surface area contributed by atoms with Crippen molar-refractivity contribution in [2.45, 2.75) is 25.4 Å². The summed E-state index contributed by atoms with van der Waals surface area (Å²) in [6, 6.07) is 8.77. The molecule has 0 bridgehead atoms. The number of thiophene rings is 1. The first-order valence-electron chi connectivity index (χ1n) is 7.71. The average Bonchev–Trinajstić information content (AvgIpc) is 3.00. The van der Waals surface area contributed by atoms with Crippen LogP contribution in [0.3, 0.4) is 0 Å². The molecule has 3 aromatic rings. The Labute approximate surface area is 137 Å². The highest BCUT2D eigenvalue weighted by atomic mass is 32.1. The maximum absolute atomic E-state index is 4.83. The molecule has 5 nitrogen and oxygen atoms in total. The summed E-state index contributed by atoms with van der Waals surface area (Å²) in [6.45, 7) is 5.07. The largest absolute Gasteiger partial charge is 0.321 e. The topological polar surface area (TPSA) is 46.8 Å². The van der Waals surface area contributed by atoms with Crippen molar-refractivity contribution in [1.82, 2.24) is 19.7 Å². The van der Waals surface area contributed by atoms with Crippen molar-refractivity contribution in [3.8, 4) is 11.5 Å². The number of aromatic nitrogens is 4. The molecule has 0 radical (unpaired) electrons. The number of anilines is 1. The van der Waals surface area contributed by atoms with Crippen LogP contribution in [0.5, 0.6) is 0 Å². The van der Waals surface area contributed by atoms with E-state index in [1.807, 2.05) is 24.5 Å². The van der Waals surface area contributed by atoms with Gasteiger partial charge in [-0.3, -0.25) is 0 Å². The summed E-state index contributed by atoms with van der Waals surface area (Å²) in [7, 11) is 0. The third-order valence-electron chi connectivity index (χ3n) is 4.42. The van der Waals surface area contributed by atoms with Gasteiger partial charge >= 0.3 is 0 Å². The van der Waals surface area contributed by atoms with Gasteiger partial charge in [0.25, 0.3) is 0 Å². The monoisotopic (exact) mass is 321 g/mol. The molecule has 6 heteroatoms. The number of nitrogens with zero attached hydrogens (tertiary/aromatic N) is 5. The minimum absolute atomic E-state index is 0.541. The zero-order valence-corrected chi connectivity index (χ0v) is 13.3. The van der Waals surface area contributed by atoms with E-state index in [4.69, 9.17) is 4.98 Å². The zero-order chi connectivity index (χ0) is 15.4. The standard InChI is InChI=1S/C17H15N5S/c1-11-16-12(7-8-23-16)9-21(11)15-4-2-3-14(19-15)17-20-18-10-22(17)13-5-6-13/h2-4,7-8,10,13H,1,5-6,9H2. The van der Waals surface area contributed by atoms with Crippen LogP contribution >= 0.6 is 11.3 Å². The molecule has 0 amide bonds. The van der Waals surface area contributed by atoms with E-state index in [0.29, 0.717) is 6.04 Å². The quantitative estimate of drug-likeness (QED) is 0.737. The predicted octanol–water partition coefficient (Wildman–Crippen LogP) is 3.73. The lowest BCUT2D eigenvalue weighted by atomic mass is 10.3. The molecule has 114 valence electrons. The fourth-order valence-corrected chi connectivity index (χ4v) is 3.96. The molecule has 5 rings (SSSR count). The number of fused-ring (bicyclic) bond motifs is 1. The summed E-state index contributed by atoms with van der Waals surface area (Å²) in [5, 5.41) is 10.5. The van der Waals surface area contributed by atoms with Crippen LogP contribution in [0.15, 0.2) is 42.6 Å². The fraction of sp³-hybridized carbons (Fsp3) is 0.235. The van der Waals surface area contributed by atoms with Gasteiger partial charge in [0.15, 0.2) is 5.82 Å². The molecule has 4 heterocycles. The minimum atomic E-state index is 0.541. The van der Waals surface area contributed by atoms with Crippen molar-refractivity contribution in [2.75, 3.05) is 4.90 Å². The maximum Gasteiger partial charge on any atom is 0.182 e. The van der Waals surface area contributed by atoms with E-state index in [1.165, 1.54) is 23.3 Å². The first-order chi connectivity index (χ1) is 11.3. The normalized spacial score (nSPS) is 16.9. The van der Waals surface area contributed by atoms with E-state index >= 15 is 0 Å². The Morgan fingerprint density at radius 1 is 1.22 bits per heavy atom. The summed E-state index contributed by atoms with van der Waals surface area (Å²) in [5.41, 5.74) is 3.23. The van der Waals surface area contributed by atoms with Gasteiger partial charge in [0.05, 0.1) is 17.1 Å². The van der Waals surface area contributed by atoms with Crippen molar-refractivity contribution in [1.29, 1.82) is 0 Å². The Morgan fingerprint density at radius 2 is 2.13 bits per heavy atom. The summed E-state index contributed by atoms with van der Waals surface area (Å²) in [6.07, 6.45) is 4.22. The molecule has 0 unspecified atom stereocenters. The predicted molar refractivity (Wildman–Crippen MR) is 91.1 cm³/mol. The van der Waals surface area contributed by atoms with E-state index < -0.39 is 0 Å². The molecule has 2 aliphatic rings. The van der Waals surface area contributed by atoms with Crippen molar-refractivity contribution in [2.24, 2.45) is 0 Å². The fourth-order valence-electron chi connectivity index (χ4n) is 3.07. The lowest BCUT2D eigenvalue weighted by Crippen LogP contribution is -2.15. The molecule has 23 heavy (non-hydrogen) atoms. The Morgan fingerprint density at radius 3 is 2.96 bits per heavy atom. The van der Waals surface area contributed by atoms with Gasteiger partial charge < -0.3 is 9.47 Å². The van der Waals surface area contributed by atoms with Crippen LogP contribution in [0.1, 0.15) is 29.3 Å². The number of pyridine rings is 1. The van der Waals surface area contributed by atoms with Crippen LogP contribution in [0.4, 0.5) is 5.82 Å². The number of rotatable bonds is 3. The van der Waals surface area contributed by atoms with E-state index in [0.717, 1.165) is 29.6 Å². The SMILES string of the molecule is C=C1c2sccc2CN1c1cccc(-c2nncn2C2CC2)n1. The van der Waals surface area contributed by atoms with Gasteiger partial charge in [-0.1, -0.05) is 12.6 Å².